The van der Waals surface area contributed by atoms with E-state index in [0.717, 1.165) is 24.3 Å². The lowest BCUT2D eigenvalue weighted by Crippen LogP contribution is -2.03. The minimum Gasteiger partial charge on any atom is -0.416 e. The SMILES string of the molecule is Fc1cc(-c2nnc(-c3ccc(C(F)(F)F)cc3)o2)c(F)c(F)c1F. The van der Waals surface area contributed by atoms with Crippen LogP contribution in [0, 0.1) is 23.3 Å². The summed E-state index contributed by atoms with van der Waals surface area (Å²) in [7, 11) is 0. The molecule has 2 aromatic carbocycles. The number of hydrogen-bond acceptors (Lipinski definition) is 3. The normalized spacial score (nSPS) is 11.8. The topological polar surface area (TPSA) is 38.9 Å². The third-order valence-electron chi connectivity index (χ3n) is 3.22. The molecule has 0 atom stereocenters. The van der Waals surface area contributed by atoms with Gasteiger partial charge in [-0.15, -0.1) is 10.2 Å². The number of hydrogen-bond donors (Lipinski definition) is 0. The van der Waals surface area contributed by atoms with Gasteiger partial charge in [-0.3, -0.25) is 0 Å². The highest BCUT2D eigenvalue weighted by Crippen LogP contribution is 2.32. The van der Waals surface area contributed by atoms with Crippen LogP contribution >= 0.6 is 0 Å². The van der Waals surface area contributed by atoms with Crippen molar-refractivity contribution in [1.29, 1.82) is 0 Å². The van der Waals surface area contributed by atoms with Crippen molar-refractivity contribution >= 4 is 0 Å². The third kappa shape index (κ3) is 3.06. The number of benzene rings is 2. The summed E-state index contributed by atoms with van der Waals surface area (Å²) in [5, 5.41) is 6.85. The van der Waals surface area contributed by atoms with Crippen molar-refractivity contribution in [3.8, 4) is 22.9 Å². The third-order valence-corrected chi connectivity index (χ3v) is 3.22. The fourth-order valence-electron chi connectivity index (χ4n) is 1.98. The van der Waals surface area contributed by atoms with Crippen LogP contribution < -0.4 is 0 Å². The lowest BCUT2D eigenvalue weighted by Gasteiger charge is -2.05. The molecule has 0 amide bonds. The van der Waals surface area contributed by atoms with Gasteiger partial charge in [-0.2, -0.15) is 13.2 Å². The molecule has 0 aliphatic carbocycles. The Hall–Kier alpha value is -2.91. The maximum absolute atomic E-state index is 13.7. The second-order valence-corrected chi connectivity index (χ2v) is 4.84. The second-order valence-electron chi connectivity index (χ2n) is 4.84. The summed E-state index contributed by atoms with van der Waals surface area (Å²) < 4.78 is 95.6. The van der Waals surface area contributed by atoms with Crippen molar-refractivity contribution in [2.75, 3.05) is 0 Å². The number of alkyl halides is 3. The van der Waals surface area contributed by atoms with Gasteiger partial charge in [0.1, 0.15) is 0 Å². The minimum absolute atomic E-state index is 0.0650. The van der Waals surface area contributed by atoms with E-state index >= 15 is 0 Å². The van der Waals surface area contributed by atoms with Crippen molar-refractivity contribution < 1.29 is 35.2 Å². The number of halogens is 7. The largest absolute Gasteiger partial charge is 0.416 e. The summed E-state index contributed by atoms with van der Waals surface area (Å²) in [5.74, 6) is -8.42. The summed E-state index contributed by atoms with van der Waals surface area (Å²) in [5.41, 5.74) is -1.66. The molecular formula is C15H5F7N2O. The molecule has 3 nitrogen and oxygen atoms in total. The fourth-order valence-corrected chi connectivity index (χ4v) is 1.98. The standard InChI is InChI=1S/C15H5F7N2O/c16-9-5-8(10(17)12(19)11(9)18)14-24-23-13(25-14)6-1-3-7(4-2-6)15(20,21)22/h1-5H. The number of rotatable bonds is 2. The number of nitrogens with zero attached hydrogens (tertiary/aromatic N) is 2. The summed E-state index contributed by atoms with van der Waals surface area (Å²) in [4.78, 5) is 0. The van der Waals surface area contributed by atoms with Gasteiger partial charge in [0.15, 0.2) is 23.3 Å². The molecule has 25 heavy (non-hydrogen) atoms. The highest BCUT2D eigenvalue weighted by Gasteiger charge is 2.30. The van der Waals surface area contributed by atoms with Crippen molar-refractivity contribution in [2.24, 2.45) is 0 Å². The average molecular weight is 362 g/mol. The zero-order valence-electron chi connectivity index (χ0n) is 11.8. The van der Waals surface area contributed by atoms with Gasteiger partial charge in [-0.05, 0) is 30.3 Å². The Labute approximate surface area is 134 Å². The van der Waals surface area contributed by atoms with Crippen LogP contribution in [-0.2, 0) is 6.18 Å². The highest BCUT2D eigenvalue weighted by molar-refractivity contribution is 5.59. The van der Waals surface area contributed by atoms with Crippen molar-refractivity contribution in [3.63, 3.8) is 0 Å². The fraction of sp³-hybridized carbons (Fsp3) is 0.0667. The minimum atomic E-state index is -4.54. The molecular weight excluding hydrogens is 357 g/mol. The van der Waals surface area contributed by atoms with Gasteiger partial charge in [-0.1, -0.05) is 0 Å². The first-order valence-electron chi connectivity index (χ1n) is 6.53. The van der Waals surface area contributed by atoms with Gasteiger partial charge < -0.3 is 4.42 Å². The van der Waals surface area contributed by atoms with Gasteiger partial charge in [0, 0.05) is 5.56 Å². The summed E-state index contributed by atoms with van der Waals surface area (Å²) in [6, 6.07) is 3.91. The molecule has 1 aromatic heterocycles. The highest BCUT2D eigenvalue weighted by atomic mass is 19.4. The molecule has 3 aromatic rings. The van der Waals surface area contributed by atoms with Crippen LogP contribution in [0.4, 0.5) is 30.7 Å². The Morgan fingerprint density at radius 2 is 1.36 bits per heavy atom. The Bertz CT molecular complexity index is 932. The smallest absolute Gasteiger partial charge is 0.416 e. The van der Waals surface area contributed by atoms with Gasteiger partial charge >= 0.3 is 6.18 Å². The van der Waals surface area contributed by atoms with E-state index in [0.29, 0.717) is 6.07 Å². The summed E-state index contributed by atoms with van der Waals surface area (Å²) in [6.07, 6.45) is -4.54. The molecule has 3 rings (SSSR count). The first-order valence-corrected chi connectivity index (χ1v) is 6.53. The first-order chi connectivity index (χ1) is 11.7. The van der Waals surface area contributed by atoms with E-state index in [-0.39, 0.29) is 11.5 Å². The van der Waals surface area contributed by atoms with E-state index in [4.69, 9.17) is 4.42 Å². The Kier molecular flexibility index (Phi) is 3.97. The predicted octanol–water partition coefficient (Wildman–Crippen LogP) is 4.98. The first kappa shape index (κ1) is 16.9. The maximum atomic E-state index is 13.7. The molecule has 0 radical (unpaired) electrons. The van der Waals surface area contributed by atoms with Crippen LogP contribution in [0.15, 0.2) is 34.7 Å². The second kappa shape index (κ2) is 5.87. The van der Waals surface area contributed by atoms with Crippen LogP contribution in [0.25, 0.3) is 22.9 Å². The monoisotopic (exact) mass is 362 g/mol. The molecule has 1 heterocycles. The lowest BCUT2D eigenvalue weighted by atomic mass is 10.1. The molecule has 0 aliphatic heterocycles. The molecule has 0 fully saturated rings. The van der Waals surface area contributed by atoms with E-state index < -0.39 is 46.5 Å². The molecule has 0 bridgehead atoms. The van der Waals surface area contributed by atoms with Gasteiger partial charge in [0.25, 0.3) is 5.89 Å². The molecule has 0 unspecified atom stereocenters. The lowest BCUT2D eigenvalue weighted by molar-refractivity contribution is -0.137. The van der Waals surface area contributed by atoms with E-state index in [1.165, 1.54) is 0 Å². The van der Waals surface area contributed by atoms with E-state index in [1.54, 1.807) is 0 Å². The van der Waals surface area contributed by atoms with Gasteiger partial charge in [-0.25, -0.2) is 17.6 Å². The van der Waals surface area contributed by atoms with Crippen LogP contribution in [0.1, 0.15) is 5.56 Å². The van der Waals surface area contributed by atoms with Gasteiger partial charge in [0.05, 0.1) is 11.1 Å². The van der Waals surface area contributed by atoms with Crippen LogP contribution in [0.2, 0.25) is 0 Å². The van der Waals surface area contributed by atoms with Crippen molar-refractivity contribution in [1.82, 2.24) is 10.2 Å². The molecule has 0 saturated heterocycles. The molecule has 0 aliphatic rings. The Balaban J connectivity index is 1.99. The Morgan fingerprint density at radius 1 is 0.760 bits per heavy atom. The van der Waals surface area contributed by atoms with E-state index in [2.05, 4.69) is 10.2 Å². The molecule has 10 heteroatoms. The van der Waals surface area contributed by atoms with E-state index in [1.807, 2.05) is 0 Å². The van der Waals surface area contributed by atoms with E-state index in [9.17, 15) is 30.7 Å². The van der Waals surface area contributed by atoms with Crippen LogP contribution in [0.5, 0.6) is 0 Å². The summed E-state index contributed by atoms with van der Waals surface area (Å²) in [6.45, 7) is 0. The molecule has 0 N–H and O–H groups in total. The van der Waals surface area contributed by atoms with Crippen molar-refractivity contribution in [2.45, 2.75) is 6.18 Å². The molecule has 0 saturated carbocycles. The Morgan fingerprint density at radius 3 is 1.96 bits per heavy atom. The molecule has 130 valence electrons. The predicted molar refractivity (Wildman–Crippen MR) is 70.0 cm³/mol. The quantitative estimate of drug-likeness (QED) is 0.367. The summed E-state index contributed by atoms with van der Waals surface area (Å²) >= 11 is 0. The van der Waals surface area contributed by atoms with Gasteiger partial charge in [0.2, 0.25) is 5.89 Å². The average Bonchev–Trinajstić information content (AvgIpc) is 3.05. The zero-order chi connectivity index (χ0) is 18.4. The zero-order valence-corrected chi connectivity index (χ0v) is 11.8. The van der Waals surface area contributed by atoms with Crippen molar-refractivity contribution in [3.05, 3.63) is 59.2 Å². The van der Waals surface area contributed by atoms with Crippen LogP contribution in [0.3, 0.4) is 0 Å². The number of aromatic nitrogens is 2. The molecule has 0 spiro atoms. The maximum Gasteiger partial charge on any atom is 0.416 e. The van der Waals surface area contributed by atoms with Crippen LogP contribution in [-0.4, -0.2) is 10.2 Å².